The van der Waals surface area contributed by atoms with E-state index in [2.05, 4.69) is 5.32 Å². The molecule has 1 heterocycles. The Bertz CT molecular complexity index is 332. The molecule has 1 fully saturated rings. The van der Waals surface area contributed by atoms with Crippen LogP contribution in [0.15, 0.2) is 24.3 Å². The van der Waals surface area contributed by atoms with Gasteiger partial charge in [-0.1, -0.05) is 18.2 Å². The minimum absolute atomic E-state index is 0.196. The van der Waals surface area contributed by atoms with Gasteiger partial charge in [0.2, 0.25) is 0 Å². The van der Waals surface area contributed by atoms with E-state index in [9.17, 15) is 8.78 Å². The highest BCUT2D eigenvalue weighted by atomic mass is 19.1. The van der Waals surface area contributed by atoms with Gasteiger partial charge in [-0.05, 0) is 37.6 Å². The maximum atomic E-state index is 14.2. The average molecular weight is 211 g/mol. The lowest BCUT2D eigenvalue weighted by atomic mass is 9.87. The fourth-order valence-corrected chi connectivity index (χ4v) is 2.03. The molecule has 3 heteroatoms. The third-order valence-electron chi connectivity index (χ3n) is 2.96. The van der Waals surface area contributed by atoms with Gasteiger partial charge in [0, 0.05) is 6.42 Å². The van der Waals surface area contributed by atoms with Crippen LogP contribution in [0.3, 0.4) is 0 Å². The largest absolute Gasteiger partial charge is 0.316 e. The smallest absolute Gasteiger partial charge is 0.126 e. The molecule has 0 spiro atoms. The van der Waals surface area contributed by atoms with Gasteiger partial charge >= 0.3 is 0 Å². The lowest BCUT2D eigenvalue weighted by molar-refractivity contribution is 0.115. The summed E-state index contributed by atoms with van der Waals surface area (Å²) in [5.41, 5.74) is -0.741. The highest BCUT2D eigenvalue weighted by Gasteiger charge is 2.32. The molecule has 82 valence electrons. The zero-order valence-corrected chi connectivity index (χ0v) is 8.60. The van der Waals surface area contributed by atoms with E-state index in [0.29, 0.717) is 31.5 Å². The quantitative estimate of drug-likeness (QED) is 0.792. The van der Waals surface area contributed by atoms with Gasteiger partial charge in [0.25, 0.3) is 0 Å². The second-order valence-electron chi connectivity index (χ2n) is 4.17. The number of alkyl halides is 1. The van der Waals surface area contributed by atoms with Gasteiger partial charge in [0.15, 0.2) is 0 Å². The Morgan fingerprint density at radius 3 is 2.53 bits per heavy atom. The molecule has 1 aromatic carbocycles. The first-order valence-electron chi connectivity index (χ1n) is 5.33. The van der Waals surface area contributed by atoms with Crippen molar-refractivity contribution in [3.63, 3.8) is 0 Å². The normalized spacial score (nSPS) is 20.1. The molecule has 2 rings (SSSR count). The number of nitrogens with one attached hydrogen (secondary N) is 1. The maximum Gasteiger partial charge on any atom is 0.126 e. The highest BCUT2D eigenvalue weighted by Crippen LogP contribution is 2.28. The van der Waals surface area contributed by atoms with Gasteiger partial charge < -0.3 is 5.32 Å². The monoisotopic (exact) mass is 211 g/mol. The van der Waals surface area contributed by atoms with Gasteiger partial charge in [-0.2, -0.15) is 0 Å². The average Bonchev–Trinajstić information content (AvgIpc) is 2.22. The Morgan fingerprint density at radius 1 is 1.20 bits per heavy atom. The first-order chi connectivity index (χ1) is 7.20. The van der Waals surface area contributed by atoms with E-state index in [0.717, 1.165) is 0 Å². The molecular formula is C12H15F2N. The number of halogens is 2. The molecular weight excluding hydrogens is 196 g/mol. The minimum Gasteiger partial charge on any atom is -0.316 e. The molecule has 0 aliphatic carbocycles. The van der Waals surface area contributed by atoms with Crippen LogP contribution < -0.4 is 5.32 Å². The van der Waals surface area contributed by atoms with E-state index in [4.69, 9.17) is 0 Å². The zero-order valence-electron chi connectivity index (χ0n) is 8.60. The molecule has 1 nitrogen and oxygen atoms in total. The zero-order chi connectivity index (χ0) is 10.7. The van der Waals surface area contributed by atoms with E-state index < -0.39 is 5.67 Å². The first kappa shape index (κ1) is 10.6. The molecule has 15 heavy (non-hydrogen) atoms. The van der Waals surface area contributed by atoms with Crippen LogP contribution in [0.1, 0.15) is 18.4 Å². The van der Waals surface area contributed by atoms with Gasteiger partial charge in [-0.3, -0.25) is 0 Å². The van der Waals surface area contributed by atoms with E-state index in [1.165, 1.54) is 6.07 Å². The highest BCUT2D eigenvalue weighted by molar-refractivity contribution is 5.19. The second kappa shape index (κ2) is 4.27. The molecule has 1 N–H and O–H groups in total. The van der Waals surface area contributed by atoms with Crippen molar-refractivity contribution in [3.05, 3.63) is 35.6 Å². The number of hydrogen-bond donors (Lipinski definition) is 1. The van der Waals surface area contributed by atoms with Crippen molar-refractivity contribution in [1.29, 1.82) is 0 Å². The Hall–Kier alpha value is -0.960. The van der Waals surface area contributed by atoms with Crippen LogP contribution in [0.25, 0.3) is 0 Å². The summed E-state index contributed by atoms with van der Waals surface area (Å²) in [7, 11) is 0. The lowest BCUT2D eigenvalue weighted by Crippen LogP contribution is -2.40. The van der Waals surface area contributed by atoms with E-state index in [1.54, 1.807) is 18.2 Å². The number of rotatable bonds is 2. The Kier molecular flexibility index (Phi) is 3.00. The third-order valence-corrected chi connectivity index (χ3v) is 2.96. The van der Waals surface area contributed by atoms with Gasteiger partial charge in [0.05, 0.1) is 0 Å². The fourth-order valence-electron chi connectivity index (χ4n) is 2.03. The van der Waals surface area contributed by atoms with Crippen LogP contribution in [-0.4, -0.2) is 18.8 Å². The van der Waals surface area contributed by atoms with Crippen molar-refractivity contribution in [1.82, 2.24) is 5.32 Å². The summed E-state index contributed by atoms with van der Waals surface area (Å²) >= 11 is 0. The molecule has 0 unspecified atom stereocenters. The molecule has 1 saturated heterocycles. The Balaban J connectivity index is 2.10. The molecule has 1 aliphatic rings. The number of piperidine rings is 1. The van der Waals surface area contributed by atoms with Crippen LogP contribution >= 0.6 is 0 Å². The van der Waals surface area contributed by atoms with Gasteiger partial charge in [-0.25, -0.2) is 8.78 Å². The molecule has 1 aliphatic heterocycles. The topological polar surface area (TPSA) is 12.0 Å². The van der Waals surface area contributed by atoms with Crippen molar-refractivity contribution in [2.45, 2.75) is 24.9 Å². The summed E-state index contributed by atoms with van der Waals surface area (Å²) in [5.74, 6) is -0.298. The first-order valence-corrected chi connectivity index (χ1v) is 5.33. The van der Waals surface area contributed by atoms with Gasteiger partial charge in [0.1, 0.15) is 11.5 Å². The summed E-state index contributed by atoms with van der Waals surface area (Å²) in [6.07, 6.45) is 1.14. The molecule has 1 aromatic rings. The SMILES string of the molecule is Fc1ccccc1CC1(F)CCNCC1. The third kappa shape index (κ3) is 2.53. The summed E-state index contributed by atoms with van der Waals surface area (Å²) < 4.78 is 27.6. The maximum absolute atomic E-state index is 14.2. The van der Waals surface area contributed by atoms with Crippen molar-refractivity contribution < 1.29 is 8.78 Å². The molecule has 0 radical (unpaired) electrons. The summed E-state index contributed by atoms with van der Waals surface area (Å²) in [6.45, 7) is 1.37. The summed E-state index contributed by atoms with van der Waals surface area (Å²) in [6, 6.07) is 6.44. The van der Waals surface area contributed by atoms with Crippen molar-refractivity contribution >= 4 is 0 Å². The number of hydrogen-bond acceptors (Lipinski definition) is 1. The Morgan fingerprint density at radius 2 is 1.87 bits per heavy atom. The fraction of sp³-hybridized carbons (Fsp3) is 0.500. The molecule has 0 bridgehead atoms. The van der Waals surface area contributed by atoms with E-state index in [1.807, 2.05) is 0 Å². The van der Waals surface area contributed by atoms with Crippen LogP contribution in [0.5, 0.6) is 0 Å². The van der Waals surface area contributed by atoms with Crippen LogP contribution in [0.4, 0.5) is 8.78 Å². The predicted molar refractivity (Wildman–Crippen MR) is 56.0 cm³/mol. The van der Waals surface area contributed by atoms with Gasteiger partial charge in [-0.15, -0.1) is 0 Å². The molecule has 0 amide bonds. The standard InChI is InChI=1S/C12H15F2N/c13-11-4-2-1-3-10(11)9-12(14)5-7-15-8-6-12/h1-4,15H,5-9H2. The van der Waals surface area contributed by atoms with Crippen molar-refractivity contribution in [2.75, 3.05) is 13.1 Å². The summed E-state index contributed by atoms with van der Waals surface area (Å²) in [4.78, 5) is 0. The van der Waals surface area contributed by atoms with Crippen molar-refractivity contribution in [2.24, 2.45) is 0 Å². The predicted octanol–water partition coefficient (Wildman–Crippen LogP) is 2.46. The van der Waals surface area contributed by atoms with E-state index in [-0.39, 0.29) is 12.2 Å². The minimum atomic E-state index is -1.23. The van der Waals surface area contributed by atoms with Crippen LogP contribution in [0, 0.1) is 5.82 Å². The second-order valence-corrected chi connectivity index (χ2v) is 4.17. The molecule has 0 aromatic heterocycles. The van der Waals surface area contributed by atoms with Crippen molar-refractivity contribution in [3.8, 4) is 0 Å². The van der Waals surface area contributed by atoms with E-state index >= 15 is 0 Å². The van der Waals surface area contributed by atoms with Crippen LogP contribution in [0.2, 0.25) is 0 Å². The van der Waals surface area contributed by atoms with Crippen LogP contribution in [-0.2, 0) is 6.42 Å². The molecule has 0 atom stereocenters. The molecule has 0 saturated carbocycles. The summed E-state index contributed by atoms with van der Waals surface area (Å²) in [5, 5.41) is 3.11. The Labute approximate surface area is 88.5 Å². The lowest BCUT2D eigenvalue weighted by Gasteiger charge is -2.30. The number of benzene rings is 1.